The number of piperidine rings is 1. The Morgan fingerprint density at radius 2 is 2.00 bits per heavy atom. The highest BCUT2D eigenvalue weighted by Crippen LogP contribution is 2.34. The highest BCUT2D eigenvalue weighted by molar-refractivity contribution is 6.31. The molecule has 6 heteroatoms. The van der Waals surface area contributed by atoms with Crippen LogP contribution in [0.15, 0.2) is 18.2 Å². The van der Waals surface area contributed by atoms with Crippen LogP contribution in [-0.4, -0.2) is 40.8 Å². The van der Waals surface area contributed by atoms with Gasteiger partial charge in [-0.1, -0.05) is 23.7 Å². The molecule has 1 aromatic rings. The summed E-state index contributed by atoms with van der Waals surface area (Å²) in [6, 6.07) is 5.52. The van der Waals surface area contributed by atoms with Gasteiger partial charge in [0.25, 0.3) is 0 Å². The van der Waals surface area contributed by atoms with Gasteiger partial charge in [-0.2, -0.15) is 0 Å². The number of carbonyl (C=O) groups is 2. The summed E-state index contributed by atoms with van der Waals surface area (Å²) in [5, 5.41) is 10.2. The standard InChI is InChI=1S/C18H24ClNO4/c1-11-9-12(5-6-15(11)19)14-10-20(8-7-13(14)16(21)22)17(23)24-18(2,3)4/h5-6,9,13-14H,7-8,10H2,1-4H3,(H,21,22)/t13-,14+/m1/s1. The van der Waals surface area contributed by atoms with E-state index in [0.29, 0.717) is 24.5 Å². The molecule has 0 aliphatic carbocycles. The van der Waals surface area contributed by atoms with Gasteiger partial charge in [-0.05, 0) is 51.3 Å². The molecule has 1 aliphatic heterocycles. The minimum atomic E-state index is -0.837. The summed E-state index contributed by atoms with van der Waals surface area (Å²) >= 11 is 6.07. The van der Waals surface area contributed by atoms with E-state index in [1.165, 1.54) is 0 Å². The molecule has 0 spiro atoms. The van der Waals surface area contributed by atoms with Crippen molar-refractivity contribution in [2.24, 2.45) is 5.92 Å². The van der Waals surface area contributed by atoms with Gasteiger partial charge in [-0.3, -0.25) is 4.79 Å². The predicted molar refractivity (Wildman–Crippen MR) is 92.5 cm³/mol. The van der Waals surface area contributed by atoms with Crippen molar-refractivity contribution >= 4 is 23.7 Å². The normalized spacial score (nSPS) is 21.5. The number of hydrogen-bond acceptors (Lipinski definition) is 3. The van der Waals surface area contributed by atoms with Gasteiger partial charge in [-0.25, -0.2) is 4.79 Å². The first-order chi connectivity index (χ1) is 11.1. The Balaban J connectivity index is 2.25. The number of likely N-dealkylation sites (tertiary alicyclic amines) is 1. The van der Waals surface area contributed by atoms with Crippen LogP contribution in [0.3, 0.4) is 0 Å². The molecule has 0 saturated carbocycles. The van der Waals surface area contributed by atoms with Crippen LogP contribution in [0.1, 0.15) is 44.2 Å². The zero-order chi connectivity index (χ0) is 18.1. The quantitative estimate of drug-likeness (QED) is 0.870. The number of rotatable bonds is 2. The number of nitrogens with zero attached hydrogens (tertiary/aromatic N) is 1. The molecule has 2 atom stereocenters. The van der Waals surface area contributed by atoms with E-state index in [9.17, 15) is 14.7 Å². The second kappa shape index (κ2) is 7.01. The van der Waals surface area contributed by atoms with Crippen molar-refractivity contribution in [2.45, 2.75) is 45.6 Å². The molecule has 1 heterocycles. The molecule has 5 nitrogen and oxygen atoms in total. The van der Waals surface area contributed by atoms with E-state index in [0.717, 1.165) is 11.1 Å². The Hall–Kier alpha value is -1.75. The van der Waals surface area contributed by atoms with Gasteiger partial charge in [-0.15, -0.1) is 0 Å². The number of aryl methyl sites for hydroxylation is 1. The van der Waals surface area contributed by atoms with Crippen molar-refractivity contribution in [3.63, 3.8) is 0 Å². The third-order valence-corrected chi connectivity index (χ3v) is 4.62. The summed E-state index contributed by atoms with van der Waals surface area (Å²) in [5.41, 5.74) is 1.21. The minimum absolute atomic E-state index is 0.278. The molecule has 0 bridgehead atoms. The topological polar surface area (TPSA) is 66.8 Å². The summed E-state index contributed by atoms with van der Waals surface area (Å²) < 4.78 is 5.42. The number of hydrogen-bond donors (Lipinski definition) is 1. The smallest absolute Gasteiger partial charge is 0.410 e. The molecule has 1 amide bonds. The third-order valence-electron chi connectivity index (χ3n) is 4.19. The molecular weight excluding hydrogens is 330 g/mol. The molecule has 0 aromatic heterocycles. The fourth-order valence-corrected chi connectivity index (χ4v) is 3.09. The second-order valence-electron chi connectivity index (χ2n) is 7.27. The molecule has 0 radical (unpaired) electrons. The van der Waals surface area contributed by atoms with Crippen molar-refractivity contribution in [3.05, 3.63) is 34.3 Å². The molecule has 1 saturated heterocycles. The SMILES string of the molecule is Cc1cc([C@@H]2CN(C(=O)OC(C)(C)C)CC[C@H]2C(=O)O)ccc1Cl. The molecule has 24 heavy (non-hydrogen) atoms. The number of carboxylic acids is 1. The molecule has 1 N–H and O–H groups in total. The molecular formula is C18H24ClNO4. The summed E-state index contributed by atoms with van der Waals surface area (Å²) in [5.74, 6) is -1.64. The first-order valence-electron chi connectivity index (χ1n) is 8.05. The van der Waals surface area contributed by atoms with Gasteiger partial charge in [0.05, 0.1) is 5.92 Å². The van der Waals surface area contributed by atoms with Crippen LogP contribution < -0.4 is 0 Å². The fraction of sp³-hybridized carbons (Fsp3) is 0.556. The maximum absolute atomic E-state index is 12.3. The number of ether oxygens (including phenoxy) is 1. The van der Waals surface area contributed by atoms with Gasteiger partial charge in [0.15, 0.2) is 0 Å². The van der Waals surface area contributed by atoms with Gasteiger partial charge >= 0.3 is 12.1 Å². The third kappa shape index (κ3) is 4.41. The average molecular weight is 354 g/mol. The molecule has 1 aromatic carbocycles. The Kier molecular flexibility index (Phi) is 5.43. The van der Waals surface area contributed by atoms with Crippen molar-refractivity contribution in [1.82, 2.24) is 4.90 Å². The lowest BCUT2D eigenvalue weighted by atomic mass is 9.80. The molecule has 132 valence electrons. The van der Waals surface area contributed by atoms with Crippen LogP contribution in [-0.2, 0) is 9.53 Å². The van der Waals surface area contributed by atoms with E-state index in [1.807, 2.05) is 39.8 Å². The van der Waals surface area contributed by atoms with Crippen molar-refractivity contribution in [1.29, 1.82) is 0 Å². The fourth-order valence-electron chi connectivity index (χ4n) is 2.98. The zero-order valence-corrected chi connectivity index (χ0v) is 15.3. The Morgan fingerprint density at radius 3 is 2.54 bits per heavy atom. The van der Waals surface area contributed by atoms with Crippen LogP contribution in [0.2, 0.25) is 5.02 Å². The minimum Gasteiger partial charge on any atom is -0.481 e. The van der Waals surface area contributed by atoms with Crippen LogP contribution in [0.5, 0.6) is 0 Å². The van der Waals surface area contributed by atoms with E-state index >= 15 is 0 Å². The van der Waals surface area contributed by atoms with E-state index < -0.39 is 23.6 Å². The van der Waals surface area contributed by atoms with Crippen LogP contribution in [0.4, 0.5) is 4.79 Å². The first-order valence-corrected chi connectivity index (χ1v) is 8.43. The van der Waals surface area contributed by atoms with Crippen molar-refractivity contribution in [2.75, 3.05) is 13.1 Å². The lowest BCUT2D eigenvalue weighted by Gasteiger charge is -2.37. The highest BCUT2D eigenvalue weighted by atomic mass is 35.5. The molecule has 1 fully saturated rings. The van der Waals surface area contributed by atoms with E-state index in [-0.39, 0.29) is 5.92 Å². The molecule has 0 unspecified atom stereocenters. The summed E-state index contributed by atoms with van der Waals surface area (Å²) in [6.45, 7) is 8.04. The number of amides is 1. The van der Waals surface area contributed by atoms with Gasteiger partial charge < -0.3 is 14.7 Å². The van der Waals surface area contributed by atoms with E-state index in [4.69, 9.17) is 16.3 Å². The summed E-state index contributed by atoms with van der Waals surface area (Å²) in [7, 11) is 0. The number of aliphatic carboxylic acids is 1. The maximum Gasteiger partial charge on any atom is 0.410 e. The Labute approximate surface area is 147 Å². The Bertz CT molecular complexity index is 638. The zero-order valence-electron chi connectivity index (χ0n) is 14.5. The monoisotopic (exact) mass is 353 g/mol. The van der Waals surface area contributed by atoms with Gasteiger partial charge in [0.2, 0.25) is 0 Å². The van der Waals surface area contributed by atoms with E-state index in [2.05, 4.69) is 0 Å². The maximum atomic E-state index is 12.3. The van der Waals surface area contributed by atoms with E-state index in [1.54, 1.807) is 11.0 Å². The summed E-state index contributed by atoms with van der Waals surface area (Å²) in [6.07, 6.45) is 0.00278. The van der Waals surface area contributed by atoms with Crippen LogP contribution in [0.25, 0.3) is 0 Å². The Morgan fingerprint density at radius 1 is 1.33 bits per heavy atom. The lowest BCUT2D eigenvalue weighted by Crippen LogP contribution is -2.46. The number of halogens is 1. The number of benzene rings is 1. The molecule has 2 rings (SSSR count). The van der Waals surface area contributed by atoms with Crippen molar-refractivity contribution in [3.8, 4) is 0 Å². The summed E-state index contributed by atoms with van der Waals surface area (Å²) in [4.78, 5) is 25.6. The van der Waals surface area contributed by atoms with Crippen molar-refractivity contribution < 1.29 is 19.4 Å². The number of carbonyl (C=O) groups excluding carboxylic acids is 1. The highest BCUT2D eigenvalue weighted by Gasteiger charge is 2.38. The van der Waals surface area contributed by atoms with Crippen LogP contribution in [0, 0.1) is 12.8 Å². The van der Waals surface area contributed by atoms with Gasteiger partial charge in [0.1, 0.15) is 5.60 Å². The molecule has 1 aliphatic rings. The second-order valence-corrected chi connectivity index (χ2v) is 7.68. The number of carboxylic acid groups (broad SMARTS) is 1. The average Bonchev–Trinajstić information content (AvgIpc) is 2.47. The largest absolute Gasteiger partial charge is 0.481 e. The predicted octanol–water partition coefficient (Wildman–Crippen LogP) is 4.07. The first kappa shape index (κ1) is 18.6. The lowest BCUT2D eigenvalue weighted by molar-refractivity contribution is -0.144. The van der Waals surface area contributed by atoms with Gasteiger partial charge in [0, 0.05) is 24.0 Å². The van der Waals surface area contributed by atoms with Crippen LogP contribution >= 0.6 is 11.6 Å².